The zero-order chi connectivity index (χ0) is 12.4. The monoisotopic (exact) mass is 249 g/mol. The Kier molecular flexibility index (Phi) is 3.43. The molecule has 0 N–H and O–H groups in total. The highest BCUT2D eigenvalue weighted by Gasteiger charge is 2.21. The number of ether oxygens (including phenoxy) is 1. The molecule has 1 aromatic heterocycles. The van der Waals surface area contributed by atoms with Crippen molar-refractivity contribution >= 4 is 23.4 Å². The highest BCUT2D eigenvalue weighted by Crippen LogP contribution is 2.21. The van der Waals surface area contributed by atoms with Crippen LogP contribution in [0.2, 0.25) is 0 Å². The molecule has 0 saturated heterocycles. The van der Waals surface area contributed by atoms with E-state index in [2.05, 4.69) is 4.98 Å². The van der Waals surface area contributed by atoms with Gasteiger partial charge in [-0.2, -0.15) is 0 Å². The summed E-state index contributed by atoms with van der Waals surface area (Å²) in [6.45, 7) is 5.73. The van der Waals surface area contributed by atoms with E-state index in [1.54, 1.807) is 18.3 Å². The van der Waals surface area contributed by atoms with Crippen LogP contribution in [0.4, 0.5) is 0 Å². The molecular formula is C13H15NO2S. The smallest absolute Gasteiger partial charge is 0.333 e. The van der Waals surface area contributed by atoms with Crippen molar-refractivity contribution in [2.24, 2.45) is 0 Å². The summed E-state index contributed by atoms with van der Waals surface area (Å²) in [5.74, 6) is -0.219. The van der Waals surface area contributed by atoms with E-state index < -0.39 is 0 Å². The molecule has 17 heavy (non-hydrogen) atoms. The molecule has 0 spiro atoms. The Hall–Kier alpha value is -1.42. The van der Waals surface area contributed by atoms with Crippen molar-refractivity contribution in [1.82, 2.24) is 4.98 Å². The van der Waals surface area contributed by atoms with Crippen molar-refractivity contribution in [2.45, 2.75) is 33.3 Å². The highest BCUT2D eigenvalue weighted by molar-refractivity contribution is 7.09. The molecule has 1 aromatic rings. The Balaban J connectivity index is 2.13. The van der Waals surface area contributed by atoms with Crippen LogP contribution in [-0.4, -0.2) is 17.1 Å². The van der Waals surface area contributed by atoms with E-state index >= 15 is 0 Å². The second-order valence-corrected chi connectivity index (χ2v) is 5.26. The molecule has 0 unspecified atom stereocenters. The maximum Gasteiger partial charge on any atom is 0.333 e. The average Bonchev–Trinajstić information content (AvgIpc) is 2.68. The van der Waals surface area contributed by atoms with Crippen molar-refractivity contribution in [1.29, 1.82) is 0 Å². The summed E-state index contributed by atoms with van der Waals surface area (Å²) in [5, 5.41) is 3.05. The average molecular weight is 249 g/mol. The first-order chi connectivity index (χ1) is 8.06. The van der Waals surface area contributed by atoms with Crippen LogP contribution >= 0.6 is 11.3 Å². The van der Waals surface area contributed by atoms with Gasteiger partial charge >= 0.3 is 5.97 Å². The minimum atomic E-state index is -0.219. The SMILES string of the molecule is CC1=CC[C@@H](/C(C)=C/c2csc(C)n2)OC1=O. The molecule has 1 aliphatic rings. The number of carbonyl (C=O) groups is 1. The molecule has 0 amide bonds. The predicted octanol–water partition coefficient (Wildman–Crippen LogP) is 3.12. The second-order valence-electron chi connectivity index (χ2n) is 4.20. The maximum atomic E-state index is 11.4. The van der Waals surface area contributed by atoms with Crippen LogP contribution in [0.5, 0.6) is 0 Å². The van der Waals surface area contributed by atoms with Gasteiger partial charge in [-0.1, -0.05) is 6.08 Å². The third-order valence-electron chi connectivity index (χ3n) is 2.73. The summed E-state index contributed by atoms with van der Waals surface area (Å²) in [6.07, 6.45) is 4.52. The van der Waals surface area contributed by atoms with Crippen LogP contribution in [0.1, 0.15) is 31.0 Å². The van der Waals surface area contributed by atoms with E-state index in [0.717, 1.165) is 22.7 Å². The van der Waals surface area contributed by atoms with Gasteiger partial charge in [0, 0.05) is 17.4 Å². The first-order valence-corrected chi connectivity index (χ1v) is 6.42. The zero-order valence-corrected chi connectivity index (χ0v) is 11.0. The van der Waals surface area contributed by atoms with E-state index in [1.807, 2.05) is 31.4 Å². The van der Waals surface area contributed by atoms with Gasteiger partial charge in [-0.05, 0) is 32.4 Å². The molecule has 0 saturated carbocycles. The lowest BCUT2D eigenvalue weighted by atomic mass is 10.0. The lowest BCUT2D eigenvalue weighted by Gasteiger charge is -2.21. The van der Waals surface area contributed by atoms with E-state index in [-0.39, 0.29) is 12.1 Å². The summed E-state index contributed by atoms with van der Waals surface area (Å²) in [4.78, 5) is 15.8. The molecule has 0 aliphatic carbocycles. The van der Waals surface area contributed by atoms with Crippen molar-refractivity contribution in [3.05, 3.63) is 33.3 Å². The van der Waals surface area contributed by atoms with E-state index in [4.69, 9.17) is 4.74 Å². The Bertz CT molecular complexity index is 499. The van der Waals surface area contributed by atoms with Gasteiger partial charge in [-0.15, -0.1) is 11.3 Å². The number of thiazole rings is 1. The summed E-state index contributed by atoms with van der Waals surface area (Å²) in [6, 6.07) is 0. The molecule has 0 radical (unpaired) electrons. The fourth-order valence-corrected chi connectivity index (χ4v) is 2.26. The van der Waals surface area contributed by atoms with Crippen molar-refractivity contribution in [3.63, 3.8) is 0 Å². The Morgan fingerprint density at radius 1 is 1.59 bits per heavy atom. The van der Waals surface area contributed by atoms with Crippen molar-refractivity contribution in [3.8, 4) is 0 Å². The fourth-order valence-electron chi connectivity index (χ4n) is 1.69. The topological polar surface area (TPSA) is 39.2 Å². The van der Waals surface area contributed by atoms with Crippen LogP contribution in [0.25, 0.3) is 6.08 Å². The number of nitrogens with zero attached hydrogens (tertiary/aromatic N) is 1. The van der Waals surface area contributed by atoms with Gasteiger partial charge in [-0.3, -0.25) is 0 Å². The lowest BCUT2D eigenvalue weighted by Crippen LogP contribution is -2.23. The van der Waals surface area contributed by atoms with E-state index in [9.17, 15) is 4.79 Å². The predicted molar refractivity (Wildman–Crippen MR) is 68.8 cm³/mol. The molecule has 0 fully saturated rings. The van der Waals surface area contributed by atoms with Gasteiger partial charge < -0.3 is 4.74 Å². The van der Waals surface area contributed by atoms with Gasteiger partial charge in [0.2, 0.25) is 0 Å². The highest BCUT2D eigenvalue weighted by atomic mass is 32.1. The number of cyclic esters (lactones) is 1. The Morgan fingerprint density at radius 3 is 2.94 bits per heavy atom. The zero-order valence-electron chi connectivity index (χ0n) is 10.2. The second kappa shape index (κ2) is 4.84. The molecule has 0 aromatic carbocycles. The molecule has 1 atom stereocenters. The number of aromatic nitrogens is 1. The van der Waals surface area contributed by atoms with Crippen LogP contribution in [-0.2, 0) is 9.53 Å². The first kappa shape index (κ1) is 12.0. The third kappa shape index (κ3) is 2.82. The van der Waals surface area contributed by atoms with Gasteiger partial charge in [0.25, 0.3) is 0 Å². The normalized spacial score (nSPS) is 21.1. The minimum absolute atomic E-state index is 0.145. The largest absolute Gasteiger partial charge is 0.454 e. The van der Waals surface area contributed by atoms with Crippen molar-refractivity contribution in [2.75, 3.05) is 0 Å². The molecular weight excluding hydrogens is 234 g/mol. The number of carbonyl (C=O) groups excluding carboxylic acids is 1. The molecule has 1 aliphatic heterocycles. The van der Waals surface area contributed by atoms with E-state index in [0.29, 0.717) is 5.57 Å². The number of esters is 1. The maximum absolute atomic E-state index is 11.4. The summed E-state index contributed by atoms with van der Waals surface area (Å²) < 4.78 is 5.34. The van der Waals surface area contributed by atoms with Crippen LogP contribution < -0.4 is 0 Å². The number of rotatable bonds is 2. The van der Waals surface area contributed by atoms with E-state index in [1.165, 1.54) is 0 Å². The lowest BCUT2D eigenvalue weighted by molar-refractivity contribution is -0.143. The molecule has 2 heterocycles. The molecule has 3 nitrogen and oxygen atoms in total. The third-order valence-corrected chi connectivity index (χ3v) is 3.52. The Morgan fingerprint density at radius 2 is 2.35 bits per heavy atom. The minimum Gasteiger partial charge on any atom is -0.454 e. The number of aryl methyl sites for hydroxylation is 1. The standard InChI is InChI=1S/C13H15NO2S/c1-8-4-5-12(16-13(8)15)9(2)6-11-7-17-10(3)14-11/h4,6-7,12H,5H2,1-3H3/b9-6+/t12-/m0/s1. The van der Waals surface area contributed by atoms with Gasteiger partial charge in [-0.25, -0.2) is 9.78 Å². The summed E-state index contributed by atoms with van der Waals surface area (Å²) in [7, 11) is 0. The quantitative estimate of drug-likeness (QED) is 0.756. The molecule has 90 valence electrons. The fraction of sp³-hybridized carbons (Fsp3) is 0.385. The van der Waals surface area contributed by atoms with Gasteiger partial charge in [0.15, 0.2) is 0 Å². The summed E-state index contributed by atoms with van der Waals surface area (Å²) >= 11 is 1.62. The molecule has 2 rings (SSSR count). The Labute approximate surface area is 105 Å². The van der Waals surface area contributed by atoms with Gasteiger partial charge in [0.05, 0.1) is 10.7 Å². The first-order valence-electron chi connectivity index (χ1n) is 5.54. The van der Waals surface area contributed by atoms with Gasteiger partial charge in [0.1, 0.15) is 6.10 Å². The number of hydrogen-bond acceptors (Lipinski definition) is 4. The number of hydrogen-bond donors (Lipinski definition) is 0. The van der Waals surface area contributed by atoms with Crippen molar-refractivity contribution < 1.29 is 9.53 Å². The van der Waals surface area contributed by atoms with Crippen LogP contribution in [0, 0.1) is 6.92 Å². The summed E-state index contributed by atoms with van der Waals surface area (Å²) in [5.41, 5.74) is 2.67. The molecule has 4 heteroatoms. The molecule has 0 bridgehead atoms. The van der Waals surface area contributed by atoms with Crippen LogP contribution in [0.3, 0.4) is 0 Å². The van der Waals surface area contributed by atoms with Crippen LogP contribution in [0.15, 0.2) is 22.6 Å².